The van der Waals surface area contributed by atoms with E-state index in [9.17, 15) is 19.2 Å². The Balaban J connectivity index is 1.68. The minimum absolute atomic E-state index is 0.0512. The number of carbonyl (C=O) groups is 4. The van der Waals surface area contributed by atoms with Crippen LogP contribution in [0.25, 0.3) is 21.8 Å². The van der Waals surface area contributed by atoms with E-state index in [0.29, 0.717) is 89.6 Å². The van der Waals surface area contributed by atoms with Gasteiger partial charge in [-0.3, -0.25) is 19.2 Å². The Labute approximate surface area is 311 Å². The van der Waals surface area contributed by atoms with Crippen LogP contribution in [0.5, 0.6) is 0 Å². The van der Waals surface area contributed by atoms with Crippen LogP contribution in [0.15, 0.2) is 29.4 Å². The van der Waals surface area contributed by atoms with Crippen molar-refractivity contribution in [2.45, 2.75) is 98.4 Å². The van der Waals surface area contributed by atoms with Gasteiger partial charge in [-0.2, -0.15) is 0 Å². The second kappa shape index (κ2) is 23.8. The Morgan fingerprint density at radius 2 is 1.53 bits per heavy atom. The van der Waals surface area contributed by atoms with Crippen LogP contribution >= 0.6 is 0 Å². The lowest BCUT2D eigenvalue weighted by Gasteiger charge is -2.29. The van der Waals surface area contributed by atoms with Crippen LogP contribution in [0, 0.1) is 17.8 Å². The van der Waals surface area contributed by atoms with Crippen molar-refractivity contribution in [1.82, 2.24) is 41.7 Å². The van der Waals surface area contributed by atoms with Crippen LogP contribution in [0.4, 0.5) is 0 Å². The number of rotatable bonds is 26. The van der Waals surface area contributed by atoms with E-state index in [4.69, 9.17) is 15.4 Å². The SMILES string of the molecule is Cc1nnc(-c2ccc(CC(=O)NCC(C)(C)COCC(C)(C)CC(=O)NCCCCC(NC(=O)CCCCN=[N+]=[N-])C(=O)NCCCO)cc2)nn1. The highest BCUT2D eigenvalue weighted by molar-refractivity contribution is 5.87. The van der Waals surface area contributed by atoms with Gasteiger partial charge in [0.2, 0.25) is 29.5 Å². The fraction of sp³-hybridized carbons (Fsp3) is 0.667. The van der Waals surface area contributed by atoms with Gasteiger partial charge in [0.25, 0.3) is 0 Å². The molecule has 0 aliphatic carbocycles. The molecular formula is C36H57N11O6. The summed E-state index contributed by atoms with van der Waals surface area (Å²) in [6, 6.07) is 6.66. The molecule has 17 heteroatoms. The van der Waals surface area contributed by atoms with Gasteiger partial charge in [-0.1, -0.05) is 57.1 Å². The van der Waals surface area contributed by atoms with E-state index in [1.165, 1.54) is 0 Å². The number of azide groups is 1. The van der Waals surface area contributed by atoms with Crippen molar-refractivity contribution < 1.29 is 29.0 Å². The summed E-state index contributed by atoms with van der Waals surface area (Å²) < 4.78 is 6.02. The quantitative estimate of drug-likeness (QED) is 0.0408. The second-order valence-corrected chi connectivity index (χ2v) is 14.7. The molecule has 4 amide bonds. The molecular weight excluding hydrogens is 682 g/mol. The number of aryl methyl sites for hydroxylation is 1. The van der Waals surface area contributed by atoms with Gasteiger partial charge < -0.3 is 31.1 Å². The van der Waals surface area contributed by atoms with Gasteiger partial charge in [-0.05, 0) is 62.0 Å². The molecule has 1 atom stereocenters. The first-order valence-electron chi connectivity index (χ1n) is 18.2. The van der Waals surface area contributed by atoms with Crippen LogP contribution in [0.2, 0.25) is 0 Å². The number of hydrogen-bond acceptors (Lipinski definition) is 11. The van der Waals surface area contributed by atoms with Gasteiger partial charge in [-0.15, -0.1) is 20.4 Å². The third-order valence-corrected chi connectivity index (χ3v) is 8.05. The Morgan fingerprint density at radius 3 is 2.21 bits per heavy atom. The van der Waals surface area contributed by atoms with Crippen LogP contribution in [-0.4, -0.2) is 101 Å². The summed E-state index contributed by atoms with van der Waals surface area (Å²) in [5.74, 6) is 0.132. The van der Waals surface area contributed by atoms with Gasteiger partial charge in [0.1, 0.15) is 6.04 Å². The van der Waals surface area contributed by atoms with E-state index in [-0.39, 0.29) is 54.9 Å². The van der Waals surface area contributed by atoms with Crippen molar-refractivity contribution in [3.63, 3.8) is 0 Å². The molecule has 1 aromatic carbocycles. The van der Waals surface area contributed by atoms with E-state index in [1.54, 1.807) is 6.92 Å². The average Bonchev–Trinajstić information content (AvgIpc) is 3.10. The van der Waals surface area contributed by atoms with Crippen molar-refractivity contribution >= 4 is 23.6 Å². The number of benzene rings is 1. The van der Waals surface area contributed by atoms with Crippen molar-refractivity contribution in [3.8, 4) is 11.4 Å². The van der Waals surface area contributed by atoms with Crippen molar-refractivity contribution in [2.24, 2.45) is 15.9 Å². The molecule has 0 fully saturated rings. The Hall–Kier alpha value is -4.73. The molecule has 2 rings (SSSR count). The molecule has 292 valence electrons. The molecule has 0 spiro atoms. The fourth-order valence-corrected chi connectivity index (χ4v) is 5.12. The number of ether oxygens (including phenoxy) is 1. The molecule has 1 unspecified atom stereocenters. The van der Waals surface area contributed by atoms with Crippen LogP contribution in [0.3, 0.4) is 0 Å². The largest absolute Gasteiger partial charge is 0.396 e. The first-order valence-corrected chi connectivity index (χ1v) is 18.2. The van der Waals surface area contributed by atoms with Crippen LogP contribution < -0.4 is 21.3 Å². The summed E-state index contributed by atoms with van der Waals surface area (Å²) >= 11 is 0. The normalized spacial score (nSPS) is 12.0. The lowest BCUT2D eigenvalue weighted by molar-refractivity contribution is -0.129. The summed E-state index contributed by atoms with van der Waals surface area (Å²) in [4.78, 5) is 53.1. The molecule has 0 aliphatic heterocycles. The number of hydrogen-bond donors (Lipinski definition) is 5. The van der Waals surface area contributed by atoms with E-state index in [2.05, 4.69) is 51.7 Å². The molecule has 0 saturated heterocycles. The van der Waals surface area contributed by atoms with Gasteiger partial charge in [0.05, 0.1) is 19.6 Å². The van der Waals surface area contributed by atoms with Crippen LogP contribution in [0.1, 0.15) is 90.4 Å². The summed E-state index contributed by atoms with van der Waals surface area (Å²) in [5.41, 5.74) is 9.23. The third kappa shape index (κ3) is 19.6. The van der Waals surface area contributed by atoms with Gasteiger partial charge in [0, 0.05) is 61.5 Å². The maximum absolute atomic E-state index is 12.7. The van der Waals surface area contributed by atoms with Crippen LogP contribution in [-0.2, 0) is 30.3 Å². The number of aliphatic hydroxyl groups is 1. The van der Waals surface area contributed by atoms with Gasteiger partial charge >= 0.3 is 0 Å². The highest BCUT2D eigenvalue weighted by atomic mass is 16.5. The maximum atomic E-state index is 12.7. The molecule has 2 aromatic rings. The third-order valence-electron chi connectivity index (χ3n) is 8.05. The predicted octanol–water partition coefficient (Wildman–Crippen LogP) is 3.11. The number of nitrogens with zero attached hydrogens (tertiary/aromatic N) is 7. The highest BCUT2D eigenvalue weighted by Gasteiger charge is 2.26. The summed E-state index contributed by atoms with van der Waals surface area (Å²) in [5, 5.41) is 39.8. The first kappa shape index (κ1) is 44.4. The van der Waals surface area contributed by atoms with Gasteiger partial charge in [0.15, 0.2) is 5.82 Å². The summed E-state index contributed by atoms with van der Waals surface area (Å²) in [6.07, 6.45) is 3.84. The lowest BCUT2D eigenvalue weighted by atomic mass is 9.89. The molecule has 1 heterocycles. The molecule has 5 N–H and O–H groups in total. The molecule has 17 nitrogen and oxygen atoms in total. The highest BCUT2D eigenvalue weighted by Crippen LogP contribution is 2.23. The second-order valence-electron chi connectivity index (χ2n) is 14.7. The molecule has 0 bridgehead atoms. The number of unbranched alkanes of at least 4 members (excludes halogenated alkanes) is 2. The zero-order valence-corrected chi connectivity index (χ0v) is 31.8. The average molecular weight is 740 g/mol. The molecule has 1 aromatic heterocycles. The fourth-order valence-electron chi connectivity index (χ4n) is 5.12. The summed E-state index contributed by atoms with van der Waals surface area (Å²) in [6.45, 7) is 11.8. The standard InChI is InChI=1S/C36H57N11O6/c1-26-43-45-33(46-44-26)28-15-13-27(14-16-28)21-31(50)40-23-36(4,5)25-53-24-35(2,3)22-32(51)38-17-8-6-11-29(34(52)39-18-10-20-48)42-30(49)12-7-9-19-41-47-37/h13-16,29,48H,6-12,17-25H2,1-5H3,(H,38,51)(H,39,52)(H,40,50)(H,42,49). The number of carbonyl (C=O) groups excluding carboxylic acids is 4. The van der Waals surface area contributed by atoms with E-state index < -0.39 is 11.5 Å². The molecule has 0 radical (unpaired) electrons. The zero-order valence-electron chi connectivity index (χ0n) is 31.8. The van der Waals surface area contributed by atoms with Gasteiger partial charge in [-0.25, -0.2) is 0 Å². The van der Waals surface area contributed by atoms with Crippen molar-refractivity contribution in [1.29, 1.82) is 0 Å². The van der Waals surface area contributed by atoms with Crippen molar-refractivity contribution in [2.75, 3.05) is 46.0 Å². The molecule has 53 heavy (non-hydrogen) atoms. The lowest BCUT2D eigenvalue weighted by Crippen LogP contribution is -2.47. The topological polar surface area (TPSA) is 246 Å². The minimum Gasteiger partial charge on any atom is -0.396 e. The molecule has 0 aliphatic rings. The summed E-state index contributed by atoms with van der Waals surface area (Å²) in [7, 11) is 0. The number of aromatic nitrogens is 4. The predicted molar refractivity (Wildman–Crippen MR) is 199 cm³/mol. The van der Waals surface area contributed by atoms with E-state index in [0.717, 1.165) is 11.1 Å². The Bertz CT molecular complexity index is 1480. The van der Waals surface area contributed by atoms with Crippen molar-refractivity contribution in [3.05, 3.63) is 46.1 Å². The minimum atomic E-state index is -0.725. The Morgan fingerprint density at radius 1 is 0.849 bits per heavy atom. The Kier molecular flexibility index (Phi) is 19.9. The molecule has 0 saturated carbocycles. The number of amides is 4. The maximum Gasteiger partial charge on any atom is 0.242 e. The monoisotopic (exact) mass is 739 g/mol. The number of nitrogens with one attached hydrogen (secondary N) is 4. The zero-order chi connectivity index (χ0) is 39.1. The first-order chi connectivity index (χ1) is 25.2. The van der Waals surface area contributed by atoms with E-state index in [1.807, 2.05) is 52.0 Å². The number of aliphatic hydroxyl groups excluding tert-OH is 1. The smallest absolute Gasteiger partial charge is 0.242 e. The van der Waals surface area contributed by atoms with E-state index >= 15 is 0 Å².